The molecular formula is C23H21FN8O. The summed E-state index contributed by atoms with van der Waals surface area (Å²) in [5.74, 6) is 1.19. The first kappa shape index (κ1) is 19.7. The summed E-state index contributed by atoms with van der Waals surface area (Å²) < 4.78 is 20.4. The van der Waals surface area contributed by atoms with Crippen molar-refractivity contribution < 1.29 is 9.13 Å². The molecule has 0 spiro atoms. The van der Waals surface area contributed by atoms with Gasteiger partial charge in [0.15, 0.2) is 0 Å². The third-order valence-electron chi connectivity index (χ3n) is 6.68. The number of aromatic amines is 1. The van der Waals surface area contributed by atoms with Crippen LogP contribution in [-0.4, -0.2) is 45.6 Å². The molecule has 9 nitrogen and oxygen atoms in total. The Labute approximate surface area is 188 Å². The summed E-state index contributed by atoms with van der Waals surface area (Å²) in [6.45, 7) is 0.788. The molecule has 0 radical (unpaired) electrons. The van der Waals surface area contributed by atoms with E-state index in [1.165, 1.54) is 18.3 Å². The van der Waals surface area contributed by atoms with E-state index >= 15 is 0 Å². The van der Waals surface area contributed by atoms with Gasteiger partial charge in [-0.3, -0.25) is 0 Å². The number of anilines is 2. The summed E-state index contributed by atoms with van der Waals surface area (Å²) in [5, 5.41) is 13.5. The SMILES string of the molecule is CNc1cc(F)cc2c1[nH]c1nc(Oc3ccc(C#N)nc3)nc(N3C[C@H]4CC3C[C@@H]4N)c12. The molecule has 2 fully saturated rings. The van der Waals surface area contributed by atoms with Crippen molar-refractivity contribution in [3.63, 3.8) is 0 Å². The van der Waals surface area contributed by atoms with Gasteiger partial charge in [-0.25, -0.2) is 9.37 Å². The highest BCUT2D eigenvalue weighted by molar-refractivity contribution is 6.14. The second-order valence-electron chi connectivity index (χ2n) is 8.60. The van der Waals surface area contributed by atoms with Crippen LogP contribution in [-0.2, 0) is 0 Å². The summed E-state index contributed by atoms with van der Waals surface area (Å²) in [6, 6.07) is 8.77. The molecule has 2 aliphatic rings. The summed E-state index contributed by atoms with van der Waals surface area (Å²) in [5.41, 5.74) is 8.52. The van der Waals surface area contributed by atoms with E-state index in [9.17, 15) is 4.39 Å². The monoisotopic (exact) mass is 444 g/mol. The Balaban J connectivity index is 1.53. The summed E-state index contributed by atoms with van der Waals surface area (Å²) in [4.78, 5) is 19.0. The zero-order valence-corrected chi connectivity index (χ0v) is 17.8. The van der Waals surface area contributed by atoms with Crippen molar-refractivity contribution in [3.05, 3.63) is 42.0 Å². The van der Waals surface area contributed by atoms with Crippen molar-refractivity contribution in [1.29, 1.82) is 5.26 Å². The zero-order valence-electron chi connectivity index (χ0n) is 17.8. The Bertz CT molecular complexity index is 1420. The number of hydrogen-bond acceptors (Lipinski definition) is 8. The van der Waals surface area contributed by atoms with Crippen molar-refractivity contribution in [2.75, 3.05) is 23.8 Å². The smallest absolute Gasteiger partial charge is 0.326 e. The van der Waals surface area contributed by atoms with Crippen LogP contribution in [0.15, 0.2) is 30.5 Å². The van der Waals surface area contributed by atoms with E-state index in [1.54, 1.807) is 19.2 Å². The summed E-state index contributed by atoms with van der Waals surface area (Å²) >= 11 is 0. The van der Waals surface area contributed by atoms with Crippen molar-refractivity contribution in [1.82, 2.24) is 19.9 Å². The maximum Gasteiger partial charge on any atom is 0.326 e. The van der Waals surface area contributed by atoms with Crippen LogP contribution in [0.5, 0.6) is 11.8 Å². The minimum Gasteiger partial charge on any atom is -0.423 e. The first-order valence-electron chi connectivity index (χ1n) is 10.8. The molecule has 4 N–H and O–H groups in total. The number of hydrogen-bond donors (Lipinski definition) is 3. The van der Waals surface area contributed by atoms with Crippen LogP contribution in [0.4, 0.5) is 15.9 Å². The topological polar surface area (TPSA) is 129 Å². The average molecular weight is 444 g/mol. The van der Waals surface area contributed by atoms with E-state index in [-0.39, 0.29) is 23.9 Å². The number of piperidine rings is 1. The van der Waals surface area contributed by atoms with Crippen LogP contribution in [0, 0.1) is 23.1 Å². The van der Waals surface area contributed by atoms with E-state index in [4.69, 9.17) is 20.7 Å². The Hall–Kier alpha value is -3.97. The van der Waals surface area contributed by atoms with Crippen LogP contribution in [0.1, 0.15) is 18.5 Å². The fourth-order valence-corrected chi connectivity index (χ4v) is 5.14. The number of aromatic nitrogens is 4. The number of nitriles is 1. The molecule has 3 aromatic heterocycles. The van der Waals surface area contributed by atoms with Crippen LogP contribution >= 0.6 is 0 Å². The highest BCUT2D eigenvalue weighted by Gasteiger charge is 2.44. The highest BCUT2D eigenvalue weighted by atomic mass is 19.1. The molecule has 6 rings (SSSR count). The molecule has 4 aromatic rings. The molecule has 3 atom stereocenters. The fourth-order valence-electron chi connectivity index (χ4n) is 5.14. The van der Waals surface area contributed by atoms with Gasteiger partial charge in [0, 0.05) is 31.1 Å². The average Bonchev–Trinajstić information content (AvgIpc) is 3.50. The molecule has 1 unspecified atom stereocenters. The molecule has 4 heterocycles. The lowest BCUT2D eigenvalue weighted by atomic mass is 10.0. The highest BCUT2D eigenvalue weighted by Crippen LogP contribution is 2.44. The molecule has 1 aliphatic carbocycles. The molecule has 2 bridgehead atoms. The quantitative estimate of drug-likeness (QED) is 0.437. The van der Waals surface area contributed by atoms with E-state index in [2.05, 4.69) is 25.2 Å². The lowest BCUT2D eigenvalue weighted by Crippen LogP contribution is -2.41. The molecule has 166 valence electrons. The maximum absolute atomic E-state index is 14.4. The van der Waals surface area contributed by atoms with Gasteiger partial charge in [-0.2, -0.15) is 15.2 Å². The van der Waals surface area contributed by atoms with Crippen molar-refractivity contribution in [2.45, 2.75) is 24.9 Å². The molecule has 1 aromatic carbocycles. The lowest BCUT2D eigenvalue weighted by molar-refractivity contribution is 0.438. The standard InChI is InChI=1S/C23H21FN8O/c1-27-18-6-12(24)5-16-19-21(29-20(16)18)30-23(33-15-3-2-13(8-25)28-9-15)31-22(19)32-10-11-4-14(32)7-17(11)26/h2-3,5-6,9,11,14,17,27H,4,7,10,26H2,1H3,(H,29,30,31)/t11-,14?,17+/m1/s1. The molecule has 33 heavy (non-hydrogen) atoms. The molecule has 1 saturated carbocycles. The minimum absolute atomic E-state index is 0.147. The van der Waals surface area contributed by atoms with Gasteiger partial charge in [-0.05, 0) is 43.0 Å². The van der Waals surface area contributed by atoms with Crippen molar-refractivity contribution >= 4 is 33.4 Å². The van der Waals surface area contributed by atoms with Crippen LogP contribution in [0.3, 0.4) is 0 Å². The Morgan fingerprint density at radius 1 is 1.30 bits per heavy atom. The third-order valence-corrected chi connectivity index (χ3v) is 6.68. The number of H-pyrrole nitrogens is 1. The number of ether oxygens (including phenoxy) is 1. The Morgan fingerprint density at radius 2 is 2.18 bits per heavy atom. The van der Waals surface area contributed by atoms with Gasteiger partial charge in [-0.15, -0.1) is 0 Å². The van der Waals surface area contributed by atoms with Gasteiger partial charge in [0.05, 0.1) is 22.8 Å². The molecule has 1 aliphatic heterocycles. The van der Waals surface area contributed by atoms with E-state index < -0.39 is 0 Å². The second kappa shape index (κ2) is 7.28. The lowest BCUT2D eigenvalue weighted by Gasteiger charge is -2.31. The maximum atomic E-state index is 14.4. The normalized spacial score (nSPS) is 21.6. The number of fused-ring (bicyclic) bond motifs is 5. The van der Waals surface area contributed by atoms with Gasteiger partial charge in [0.1, 0.15) is 34.8 Å². The number of nitrogens with zero attached hydrogens (tertiary/aromatic N) is 5. The first-order chi connectivity index (χ1) is 16.0. The zero-order chi connectivity index (χ0) is 22.7. The fraction of sp³-hybridized carbons (Fsp3) is 0.304. The predicted octanol–water partition coefficient (Wildman–Crippen LogP) is 3.28. The van der Waals surface area contributed by atoms with Crippen LogP contribution in [0.2, 0.25) is 0 Å². The van der Waals surface area contributed by atoms with Gasteiger partial charge < -0.3 is 25.7 Å². The Morgan fingerprint density at radius 3 is 2.85 bits per heavy atom. The largest absolute Gasteiger partial charge is 0.423 e. The van der Waals surface area contributed by atoms with Gasteiger partial charge in [0.2, 0.25) is 0 Å². The summed E-state index contributed by atoms with van der Waals surface area (Å²) in [6.07, 6.45) is 3.37. The van der Waals surface area contributed by atoms with Gasteiger partial charge in [-0.1, -0.05) is 0 Å². The predicted molar refractivity (Wildman–Crippen MR) is 122 cm³/mol. The molecular weight excluding hydrogens is 423 g/mol. The van der Waals surface area contributed by atoms with E-state index in [0.717, 1.165) is 30.3 Å². The van der Waals surface area contributed by atoms with Gasteiger partial charge in [0.25, 0.3) is 0 Å². The summed E-state index contributed by atoms with van der Waals surface area (Å²) in [7, 11) is 1.75. The second-order valence-corrected chi connectivity index (χ2v) is 8.60. The number of benzene rings is 1. The molecule has 0 amide bonds. The van der Waals surface area contributed by atoms with Crippen LogP contribution < -0.4 is 20.7 Å². The number of nitrogens with two attached hydrogens (primary N) is 1. The number of halogens is 1. The third kappa shape index (κ3) is 3.12. The number of nitrogens with one attached hydrogen (secondary N) is 2. The van der Waals surface area contributed by atoms with Crippen molar-refractivity contribution in [2.24, 2.45) is 11.7 Å². The molecule has 1 saturated heterocycles. The number of pyridine rings is 1. The first-order valence-corrected chi connectivity index (χ1v) is 10.8. The minimum atomic E-state index is -0.340. The van der Waals surface area contributed by atoms with Gasteiger partial charge >= 0.3 is 6.01 Å². The van der Waals surface area contributed by atoms with E-state index in [0.29, 0.717) is 39.9 Å². The molecule has 10 heteroatoms. The number of rotatable bonds is 4. The van der Waals surface area contributed by atoms with Crippen LogP contribution in [0.25, 0.3) is 21.9 Å². The van der Waals surface area contributed by atoms with E-state index in [1.807, 2.05) is 6.07 Å². The van der Waals surface area contributed by atoms with Crippen molar-refractivity contribution in [3.8, 4) is 17.8 Å². The Kier molecular flexibility index (Phi) is 4.35.